The number of aliphatic hydroxyl groups is 1. The number of carbonyl (C=O) groups is 1. The van der Waals surface area contributed by atoms with Gasteiger partial charge in [0.25, 0.3) is 0 Å². The molecule has 1 heterocycles. The van der Waals surface area contributed by atoms with Gasteiger partial charge in [-0.3, -0.25) is 14.8 Å². The van der Waals surface area contributed by atoms with Gasteiger partial charge in [0.2, 0.25) is 0 Å². The van der Waals surface area contributed by atoms with E-state index in [0.717, 1.165) is 0 Å². The second kappa shape index (κ2) is 3.46. The number of aromatic nitrogens is 2. The van der Waals surface area contributed by atoms with Gasteiger partial charge in [-0.05, 0) is 0 Å². The van der Waals surface area contributed by atoms with Gasteiger partial charge in [0.15, 0.2) is 6.29 Å². The van der Waals surface area contributed by atoms with E-state index in [4.69, 9.17) is 5.11 Å². The molecule has 0 aliphatic rings. The Morgan fingerprint density at radius 1 is 1.55 bits per heavy atom. The zero-order valence-corrected chi connectivity index (χ0v) is 5.64. The highest BCUT2D eigenvalue weighted by molar-refractivity contribution is 6.05. The van der Waals surface area contributed by atoms with Gasteiger partial charge in [-0.2, -0.15) is 0 Å². The summed E-state index contributed by atoms with van der Waals surface area (Å²) in [7, 11) is 0. The molecule has 0 saturated carbocycles. The van der Waals surface area contributed by atoms with Gasteiger partial charge in [-0.1, -0.05) is 0 Å². The van der Waals surface area contributed by atoms with Gasteiger partial charge in [-0.15, -0.1) is 0 Å². The van der Waals surface area contributed by atoms with Gasteiger partial charge in [-0.25, -0.2) is 0 Å². The van der Waals surface area contributed by atoms with Crippen LogP contribution in [0.2, 0.25) is 0 Å². The van der Waals surface area contributed by atoms with E-state index in [1.165, 1.54) is 18.6 Å². The van der Waals surface area contributed by atoms with Gasteiger partial charge < -0.3 is 5.11 Å². The third-order valence-corrected chi connectivity index (χ3v) is 1.12. The smallest absolute Gasteiger partial charge is 0.155 e. The first-order valence-electron chi connectivity index (χ1n) is 2.94. The Kier molecular flexibility index (Phi) is 2.32. The number of allylic oxidation sites excluding steroid dienone is 1. The number of carbonyl (C=O) groups excluding carboxylic acids is 1. The van der Waals surface area contributed by atoms with E-state index in [1.54, 1.807) is 0 Å². The van der Waals surface area contributed by atoms with Crippen LogP contribution in [0.5, 0.6) is 0 Å². The van der Waals surface area contributed by atoms with Crippen LogP contribution >= 0.6 is 0 Å². The minimum atomic E-state index is 0.123. The van der Waals surface area contributed by atoms with Gasteiger partial charge in [0, 0.05) is 12.4 Å². The van der Waals surface area contributed by atoms with Crippen LogP contribution in [0.25, 0.3) is 5.57 Å². The molecular formula is C7H6N2O2. The molecule has 0 fully saturated rings. The standard InChI is InChI=1S/C7H6N2O2/c10-4-6(5-11)7-3-8-1-2-9-7/h1-5,10H/b6-4+. The third-order valence-electron chi connectivity index (χ3n) is 1.12. The van der Waals surface area contributed by atoms with Crippen molar-refractivity contribution in [1.82, 2.24) is 9.97 Å². The summed E-state index contributed by atoms with van der Waals surface area (Å²) in [6, 6.07) is 0. The second-order valence-corrected chi connectivity index (χ2v) is 1.79. The lowest BCUT2D eigenvalue weighted by molar-refractivity contribution is -0.103. The van der Waals surface area contributed by atoms with Crippen LogP contribution < -0.4 is 0 Å². The maximum Gasteiger partial charge on any atom is 0.155 e. The van der Waals surface area contributed by atoms with Gasteiger partial charge >= 0.3 is 0 Å². The molecular weight excluding hydrogens is 144 g/mol. The van der Waals surface area contributed by atoms with Crippen molar-refractivity contribution in [2.75, 3.05) is 0 Å². The molecule has 0 unspecified atom stereocenters. The Balaban J connectivity index is 3.01. The van der Waals surface area contributed by atoms with Crippen molar-refractivity contribution in [3.05, 3.63) is 30.5 Å². The molecule has 1 aromatic heterocycles. The number of hydrogen-bond donors (Lipinski definition) is 1. The van der Waals surface area contributed by atoms with Crippen molar-refractivity contribution in [2.24, 2.45) is 0 Å². The minimum absolute atomic E-state index is 0.123. The number of aldehydes is 1. The SMILES string of the molecule is O=C/C(=C\O)c1cnccn1. The summed E-state index contributed by atoms with van der Waals surface area (Å²) in [6.07, 6.45) is 5.56. The van der Waals surface area contributed by atoms with E-state index in [0.29, 0.717) is 18.2 Å². The lowest BCUT2D eigenvalue weighted by atomic mass is 10.2. The fourth-order valence-corrected chi connectivity index (χ4v) is 0.605. The van der Waals surface area contributed by atoms with E-state index in [9.17, 15) is 4.79 Å². The van der Waals surface area contributed by atoms with Crippen molar-refractivity contribution in [2.45, 2.75) is 0 Å². The largest absolute Gasteiger partial charge is 0.515 e. The second-order valence-electron chi connectivity index (χ2n) is 1.79. The zero-order chi connectivity index (χ0) is 8.10. The molecule has 1 rings (SSSR count). The summed E-state index contributed by atoms with van der Waals surface area (Å²) in [6.45, 7) is 0. The van der Waals surface area contributed by atoms with Crippen molar-refractivity contribution < 1.29 is 9.90 Å². The summed E-state index contributed by atoms with van der Waals surface area (Å²) in [5.74, 6) is 0. The normalized spacial score (nSPS) is 11.1. The Morgan fingerprint density at radius 2 is 2.36 bits per heavy atom. The van der Waals surface area contributed by atoms with E-state index in [-0.39, 0.29) is 5.57 Å². The van der Waals surface area contributed by atoms with E-state index in [1.807, 2.05) is 0 Å². The van der Waals surface area contributed by atoms with E-state index < -0.39 is 0 Å². The average molecular weight is 150 g/mol. The van der Waals surface area contributed by atoms with E-state index in [2.05, 4.69) is 9.97 Å². The maximum atomic E-state index is 10.2. The van der Waals surface area contributed by atoms with Crippen molar-refractivity contribution in [3.8, 4) is 0 Å². The fraction of sp³-hybridized carbons (Fsp3) is 0. The third kappa shape index (κ3) is 1.61. The number of aliphatic hydroxyl groups excluding tert-OH is 1. The molecule has 0 spiro atoms. The molecule has 1 N–H and O–H groups in total. The Bertz CT molecular complexity index is 269. The summed E-state index contributed by atoms with van der Waals surface area (Å²) in [5.41, 5.74) is 0.489. The summed E-state index contributed by atoms with van der Waals surface area (Å²) in [4.78, 5) is 17.8. The Hall–Kier alpha value is -1.71. The number of nitrogens with zero attached hydrogens (tertiary/aromatic N) is 2. The molecule has 0 aromatic carbocycles. The molecule has 4 heteroatoms. The zero-order valence-electron chi connectivity index (χ0n) is 5.64. The van der Waals surface area contributed by atoms with Crippen molar-refractivity contribution in [1.29, 1.82) is 0 Å². The molecule has 0 atom stereocenters. The first kappa shape index (κ1) is 7.40. The molecule has 0 radical (unpaired) electrons. The highest BCUT2D eigenvalue weighted by Gasteiger charge is 1.99. The summed E-state index contributed by atoms with van der Waals surface area (Å²) < 4.78 is 0. The van der Waals surface area contributed by atoms with Crippen LogP contribution in [0.4, 0.5) is 0 Å². The molecule has 1 aromatic rings. The molecule has 0 saturated heterocycles. The van der Waals surface area contributed by atoms with Crippen LogP contribution in [0.1, 0.15) is 5.69 Å². The maximum absolute atomic E-state index is 10.2. The molecule has 0 aliphatic carbocycles. The quantitative estimate of drug-likeness (QED) is 0.380. The Morgan fingerprint density at radius 3 is 2.82 bits per heavy atom. The topological polar surface area (TPSA) is 63.1 Å². The predicted octanol–water partition coefficient (Wildman–Crippen LogP) is 0.574. The number of hydrogen-bond acceptors (Lipinski definition) is 4. The summed E-state index contributed by atoms with van der Waals surface area (Å²) in [5, 5.41) is 8.52. The van der Waals surface area contributed by atoms with Crippen molar-refractivity contribution >= 4 is 11.9 Å². The lowest BCUT2D eigenvalue weighted by Crippen LogP contribution is -1.90. The molecule has 0 amide bonds. The first-order chi connectivity index (χ1) is 5.38. The summed E-state index contributed by atoms with van der Waals surface area (Å²) >= 11 is 0. The highest BCUT2D eigenvalue weighted by atomic mass is 16.2. The van der Waals surface area contributed by atoms with Crippen molar-refractivity contribution in [3.63, 3.8) is 0 Å². The van der Waals surface area contributed by atoms with Gasteiger partial charge in [0.05, 0.1) is 23.7 Å². The highest BCUT2D eigenvalue weighted by Crippen LogP contribution is 2.04. The molecule has 4 nitrogen and oxygen atoms in total. The van der Waals surface area contributed by atoms with Crippen LogP contribution in [-0.2, 0) is 4.79 Å². The minimum Gasteiger partial charge on any atom is -0.515 e. The molecule has 0 aliphatic heterocycles. The lowest BCUT2D eigenvalue weighted by Gasteiger charge is -1.93. The predicted molar refractivity (Wildman–Crippen MR) is 38.7 cm³/mol. The average Bonchev–Trinajstić information content (AvgIpc) is 2.09. The molecule has 56 valence electrons. The molecule has 11 heavy (non-hydrogen) atoms. The first-order valence-corrected chi connectivity index (χ1v) is 2.94. The van der Waals surface area contributed by atoms with Crippen LogP contribution in [0, 0.1) is 0 Å². The van der Waals surface area contributed by atoms with Gasteiger partial charge in [0.1, 0.15) is 0 Å². The van der Waals surface area contributed by atoms with Crippen LogP contribution in [-0.4, -0.2) is 21.4 Å². The van der Waals surface area contributed by atoms with E-state index >= 15 is 0 Å². The fourth-order valence-electron chi connectivity index (χ4n) is 0.605. The number of rotatable bonds is 2. The monoisotopic (exact) mass is 150 g/mol. The van der Waals surface area contributed by atoms with Crippen LogP contribution in [0.3, 0.4) is 0 Å². The van der Waals surface area contributed by atoms with Crippen LogP contribution in [0.15, 0.2) is 24.9 Å². The Labute approximate surface area is 63.2 Å². The molecule has 0 bridgehead atoms.